The Bertz CT molecular complexity index is 1020. The van der Waals surface area contributed by atoms with Crippen LogP contribution in [0.3, 0.4) is 0 Å². The number of anilines is 1. The molecule has 0 aliphatic rings. The van der Waals surface area contributed by atoms with E-state index in [-0.39, 0.29) is 18.4 Å². The zero-order chi connectivity index (χ0) is 21.7. The van der Waals surface area contributed by atoms with E-state index in [0.717, 1.165) is 33.9 Å². The fraction of sp³-hybridized carbons (Fsp3) is 0.292. The standard InChI is InChI=1S/C24H28N4O2/c1-17-10-12-20(13-11-17)25-23(29)16-27(4)24(30)15-14-22-18(2)26-28(19(22)3)21-8-6-5-7-9-21/h5-13H,14-16H2,1-4H3,(H,25,29). The van der Waals surface area contributed by atoms with Crippen molar-refractivity contribution >= 4 is 17.5 Å². The van der Waals surface area contributed by atoms with Crippen molar-refractivity contribution in [3.05, 3.63) is 77.1 Å². The Morgan fingerprint density at radius 3 is 2.33 bits per heavy atom. The van der Waals surface area contributed by atoms with Crippen LogP contribution in [0.25, 0.3) is 5.69 Å². The first kappa shape index (κ1) is 21.3. The number of carbonyl (C=O) groups excluding carboxylic acids is 2. The number of aryl methyl sites for hydroxylation is 2. The van der Waals surface area contributed by atoms with Gasteiger partial charge in [-0.1, -0.05) is 35.9 Å². The van der Waals surface area contributed by atoms with Gasteiger partial charge in [0.05, 0.1) is 17.9 Å². The fourth-order valence-corrected chi connectivity index (χ4v) is 3.42. The molecule has 0 saturated carbocycles. The second-order valence-electron chi connectivity index (χ2n) is 7.56. The van der Waals surface area contributed by atoms with Crippen molar-refractivity contribution in [1.29, 1.82) is 0 Å². The number of aromatic nitrogens is 2. The van der Waals surface area contributed by atoms with Gasteiger partial charge in [0, 0.05) is 24.8 Å². The van der Waals surface area contributed by atoms with Crippen LogP contribution in [0.1, 0.15) is 28.9 Å². The summed E-state index contributed by atoms with van der Waals surface area (Å²) >= 11 is 0. The predicted molar refractivity (Wildman–Crippen MR) is 119 cm³/mol. The molecule has 0 aliphatic carbocycles. The quantitative estimate of drug-likeness (QED) is 0.651. The first-order valence-electron chi connectivity index (χ1n) is 10.1. The third-order valence-corrected chi connectivity index (χ3v) is 5.17. The molecule has 6 heteroatoms. The van der Waals surface area contributed by atoms with Crippen LogP contribution in [0, 0.1) is 20.8 Å². The van der Waals surface area contributed by atoms with Gasteiger partial charge in [-0.25, -0.2) is 4.68 Å². The van der Waals surface area contributed by atoms with Crippen molar-refractivity contribution in [3.8, 4) is 5.69 Å². The van der Waals surface area contributed by atoms with E-state index >= 15 is 0 Å². The Balaban J connectivity index is 1.56. The summed E-state index contributed by atoms with van der Waals surface area (Å²) in [5.74, 6) is -0.278. The molecule has 0 spiro atoms. The molecule has 30 heavy (non-hydrogen) atoms. The molecule has 0 unspecified atom stereocenters. The monoisotopic (exact) mass is 404 g/mol. The van der Waals surface area contributed by atoms with Crippen molar-refractivity contribution in [1.82, 2.24) is 14.7 Å². The Labute approximate surface area is 177 Å². The lowest BCUT2D eigenvalue weighted by atomic mass is 10.1. The number of para-hydroxylation sites is 1. The van der Waals surface area contributed by atoms with E-state index in [9.17, 15) is 9.59 Å². The second-order valence-corrected chi connectivity index (χ2v) is 7.56. The lowest BCUT2D eigenvalue weighted by Gasteiger charge is -2.17. The Morgan fingerprint density at radius 1 is 1.00 bits per heavy atom. The van der Waals surface area contributed by atoms with Crippen LogP contribution < -0.4 is 5.32 Å². The smallest absolute Gasteiger partial charge is 0.243 e. The highest BCUT2D eigenvalue weighted by Gasteiger charge is 2.17. The van der Waals surface area contributed by atoms with Crippen LogP contribution in [-0.4, -0.2) is 40.1 Å². The largest absolute Gasteiger partial charge is 0.336 e. The highest BCUT2D eigenvalue weighted by molar-refractivity contribution is 5.94. The number of nitrogens with zero attached hydrogens (tertiary/aromatic N) is 3. The van der Waals surface area contributed by atoms with Crippen LogP contribution in [-0.2, 0) is 16.0 Å². The summed E-state index contributed by atoms with van der Waals surface area (Å²) in [6, 6.07) is 17.5. The van der Waals surface area contributed by atoms with Crippen LogP contribution in [0.2, 0.25) is 0 Å². The first-order chi connectivity index (χ1) is 14.3. The third kappa shape index (κ3) is 5.14. The third-order valence-electron chi connectivity index (χ3n) is 5.17. The summed E-state index contributed by atoms with van der Waals surface area (Å²) in [5, 5.41) is 7.45. The molecule has 6 nitrogen and oxygen atoms in total. The summed E-state index contributed by atoms with van der Waals surface area (Å²) in [6.07, 6.45) is 0.920. The number of amides is 2. The van der Waals surface area contributed by atoms with E-state index in [1.807, 2.05) is 80.1 Å². The van der Waals surface area contributed by atoms with Gasteiger partial charge in [-0.15, -0.1) is 0 Å². The van der Waals surface area contributed by atoms with E-state index in [2.05, 4.69) is 10.4 Å². The second kappa shape index (κ2) is 9.39. The molecule has 1 N–H and O–H groups in total. The number of carbonyl (C=O) groups is 2. The highest BCUT2D eigenvalue weighted by Crippen LogP contribution is 2.19. The molecular formula is C24H28N4O2. The number of benzene rings is 2. The summed E-state index contributed by atoms with van der Waals surface area (Å²) in [5.41, 5.74) is 5.88. The van der Waals surface area contributed by atoms with Crippen molar-refractivity contribution in [2.45, 2.75) is 33.6 Å². The number of rotatable bonds is 7. The van der Waals surface area contributed by atoms with E-state index in [0.29, 0.717) is 12.8 Å². The van der Waals surface area contributed by atoms with E-state index in [1.54, 1.807) is 7.05 Å². The van der Waals surface area contributed by atoms with Gasteiger partial charge >= 0.3 is 0 Å². The maximum Gasteiger partial charge on any atom is 0.243 e. The molecule has 3 rings (SSSR count). The van der Waals surface area contributed by atoms with Gasteiger partial charge in [-0.2, -0.15) is 5.10 Å². The maximum atomic E-state index is 12.6. The van der Waals surface area contributed by atoms with Gasteiger partial charge in [0.2, 0.25) is 11.8 Å². The maximum absolute atomic E-state index is 12.6. The van der Waals surface area contributed by atoms with Gasteiger partial charge in [-0.3, -0.25) is 9.59 Å². The van der Waals surface area contributed by atoms with E-state index in [4.69, 9.17) is 0 Å². The zero-order valence-electron chi connectivity index (χ0n) is 18.0. The molecule has 3 aromatic rings. The van der Waals surface area contributed by atoms with Crippen LogP contribution in [0.15, 0.2) is 54.6 Å². The van der Waals surface area contributed by atoms with Crippen molar-refractivity contribution in [3.63, 3.8) is 0 Å². The summed E-state index contributed by atoms with van der Waals surface area (Å²) in [7, 11) is 1.66. The number of hydrogen-bond donors (Lipinski definition) is 1. The minimum atomic E-state index is -0.209. The molecule has 0 aliphatic heterocycles. The number of hydrogen-bond acceptors (Lipinski definition) is 3. The average molecular weight is 405 g/mol. The minimum absolute atomic E-state index is 0.0218. The van der Waals surface area contributed by atoms with Gasteiger partial charge < -0.3 is 10.2 Å². The molecule has 2 amide bonds. The van der Waals surface area contributed by atoms with E-state index < -0.39 is 0 Å². The van der Waals surface area contributed by atoms with Crippen LogP contribution in [0.5, 0.6) is 0 Å². The Hall–Kier alpha value is -3.41. The van der Waals surface area contributed by atoms with Crippen molar-refractivity contribution in [2.75, 3.05) is 18.9 Å². The predicted octanol–water partition coefficient (Wildman–Crippen LogP) is 3.83. The summed E-state index contributed by atoms with van der Waals surface area (Å²) < 4.78 is 1.91. The van der Waals surface area contributed by atoms with Crippen LogP contribution >= 0.6 is 0 Å². The Morgan fingerprint density at radius 2 is 1.67 bits per heavy atom. The molecule has 0 saturated heterocycles. The van der Waals surface area contributed by atoms with Gasteiger partial charge in [0.15, 0.2) is 0 Å². The first-order valence-corrected chi connectivity index (χ1v) is 10.1. The molecule has 2 aromatic carbocycles. The molecule has 0 bridgehead atoms. The lowest BCUT2D eigenvalue weighted by Crippen LogP contribution is -2.35. The Kier molecular flexibility index (Phi) is 6.67. The van der Waals surface area contributed by atoms with Crippen LogP contribution in [0.4, 0.5) is 5.69 Å². The molecule has 0 radical (unpaired) electrons. The molecular weight excluding hydrogens is 376 g/mol. The molecule has 1 aromatic heterocycles. The average Bonchev–Trinajstić information content (AvgIpc) is 3.02. The normalized spacial score (nSPS) is 10.7. The van der Waals surface area contributed by atoms with Gasteiger partial charge in [0.1, 0.15) is 0 Å². The van der Waals surface area contributed by atoms with Gasteiger partial charge in [-0.05, 0) is 57.0 Å². The topological polar surface area (TPSA) is 67.2 Å². The lowest BCUT2D eigenvalue weighted by molar-refractivity contribution is -0.133. The van der Waals surface area contributed by atoms with Crippen molar-refractivity contribution in [2.24, 2.45) is 0 Å². The minimum Gasteiger partial charge on any atom is -0.336 e. The van der Waals surface area contributed by atoms with E-state index in [1.165, 1.54) is 4.90 Å². The molecule has 1 heterocycles. The summed E-state index contributed by atoms with van der Waals surface area (Å²) in [6.45, 7) is 6.00. The number of likely N-dealkylation sites (N-methyl/N-ethyl adjacent to an activating group) is 1. The number of nitrogens with one attached hydrogen (secondary N) is 1. The zero-order valence-corrected chi connectivity index (χ0v) is 18.0. The van der Waals surface area contributed by atoms with Gasteiger partial charge in [0.25, 0.3) is 0 Å². The summed E-state index contributed by atoms with van der Waals surface area (Å²) in [4.78, 5) is 26.3. The van der Waals surface area contributed by atoms with Crippen molar-refractivity contribution < 1.29 is 9.59 Å². The highest BCUT2D eigenvalue weighted by atomic mass is 16.2. The SMILES string of the molecule is Cc1ccc(NC(=O)CN(C)C(=O)CCc2c(C)nn(-c3ccccc3)c2C)cc1. The molecule has 0 fully saturated rings. The fourth-order valence-electron chi connectivity index (χ4n) is 3.42. The molecule has 0 atom stereocenters. The molecule has 156 valence electrons.